The second-order valence-corrected chi connectivity index (χ2v) is 10.2. The predicted octanol–water partition coefficient (Wildman–Crippen LogP) is 5.72. The Bertz CT molecular complexity index is 1430. The van der Waals surface area contributed by atoms with Gasteiger partial charge in [0.2, 0.25) is 0 Å². The molecule has 2 aliphatic rings. The molecule has 5 rings (SSSR count). The van der Waals surface area contributed by atoms with Crippen LogP contribution in [0, 0.1) is 0 Å². The molecule has 1 atom stereocenters. The number of allylic oxidation sites excluding steroid dienone is 1. The van der Waals surface area contributed by atoms with Crippen LogP contribution < -0.4 is 20.1 Å². The molecule has 3 aromatic rings. The van der Waals surface area contributed by atoms with Gasteiger partial charge in [0, 0.05) is 29.2 Å². The zero-order chi connectivity index (χ0) is 27.4. The summed E-state index contributed by atoms with van der Waals surface area (Å²) in [5.41, 5.74) is 4.00. The molecular formula is C30H30N4O4S. The van der Waals surface area contributed by atoms with Crippen molar-refractivity contribution in [3.8, 4) is 11.5 Å². The Balaban J connectivity index is 1.45. The Hall–Kier alpha value is -4.24. The lowest BCUT2D eigenvalue weighted by Gasteiger charge is -2.41. The first-order chi connectivity index (χ1) is 19.0. The summed E-state index contributed by atoms with van der Waals surface area (Å²) in [6.45, 7) is 2.66. The third-order valence-corrected chi connectivity index (χ3v) is 7.74. The van der Waals surface area contributed by atoms with Gasteiger partial charge >= 0.3 is 0 Å². The number of nitrogens with one attached hydrogen (secondary N) is 2. The molecule has 1 unspecified atom stereocenters. The van der Waals surface area contributed by atoms with Gasteiger partial charge in [0.1, 0.15) is 11.5 Å². The minimum absolute atomic E-state index is 0.214. The Labute approximate surface area is 232 Å². The highest BCUT2D eigenvalue weighted by Gasteiger charge is 2.37. The highest BCUT2D eigenvalue weighted by Crippen LogP contribution is 2.40. The summed E-state index contributed by atoms with van der Waals surface area (Å²) < 4.78 is 10.4. The molecule has 0 spiro atoms. The van der Waals surface area contributed by atoms with Crippen LogP contribution in [-0.4, -0.2) is 48.4 Å². The number of thioether (sulfide) groups is 1. The first-order valence-corrected chi connectivity index (χ1v) is 13.6. The Morgan fingerprint density at radius 3 is 2.26 bits per heavy atom. The number of aliphatic imine (C=N–C) groups is 1. The van der Waals surface area contributed by atoms with Crippen LogP contribution in [0.2, 0.25) is 0 Å². The lowest BCUT2D eigenvalue weighted by molar-refractivity contribution is -0.113. The minimum Gasteiger partial charge on any atom is -0.497 e. The molecule has 2 heterocycles. The van der Waals surface area contributed by atoms with Crippen molar-refractivity contribution in [3.63, 3.8) is 0 Å². The number of anilines is 2. The van der Waals surface area contributed by atoms with E-state index in [1.807, 2.05) is 55.5 Å². The van der Waals surface area contributed by atoms with E-state index < -0.39 is 0 Å². The zero-order valence-electron chi connectivity index (χ0n) is 22.1. The van der Waals surface area contributed by atoms with Gasteiger partial charge in [-0.2, -0.15) is 0 Å². The van der Waals surface area contributed by atoms with Gasteiger partial charge in [-0.25, -0.2) is 4.99 Å². The molecule has 0 radical (unpaired) electrons. The number of methoxy groups -OCH3 is 2. The number of amides is 2. The van der Waals surface area contributed by atoms with Gasteiger partial charge in [-0.05, 0) is 79.6 Å². The fourth-order valence-corrected chi connectivity index (χ4v) is 5.73. The third-order valence-electron chi connectivity index (χ3n) is 6.66. The summed E-state index contributed by atoms with van der Waals surface area (Å²) in [6, 6.07) is 21.5. The summed E-state index contributed by atoms with van der Waals surface area (Å²) in [4.78, 5) is 33.6. The van der Waals surface area contributed by atoms with E-state index in [2.05, 4.69) is 15.5 Å². The first kappa shape index (κ1) is 26.4. The number of rotatable bonds is 7. The van der Waals surface area contributed by atoms with Crippen LogP contribution in [0.15, 0.2) is 89.1 Å². The number of carbonyl (C=O) groups excluding carboxylic acids is 2. The smallest absolute Gasteiger partial charge is 0.255 e. The summed E-state index contributed by atoms with van der Waals surface area (Å²) in [7, 11) is 3.19. The molecule has 2 amide bonds. The van der Waals surface area contributed by atoms with Crippen molar-refractivity contribution in [1.29, 1.82) is 0 Å². The van der Waals surface area contributed by atoms with Gasteiger partial charge in [-0.1, -0.05) is 23.9 Å². The average Bonchev–Trinajstić information content (AvgIpc) is 2.97. The van der Waals surface area contributed by atoms with E-state index in [0.29, 0.717) is 39.7 Å². The molecule has 2 aliphatic heterocycles. The molecule has 0 aliphatic carbocycles. The molecule has 1 fully saturated rings. The van der Waals surface area contributed by atoms with Crippen LogP contribution >= 0.6 is 11.8 Å². The quantitative estimate of drug-likeness (QED) is 0.397. The van der Waals surface area contributed by atoms with Crippen molar-refractivity contribution in [2.24, 2.45) is 4.99 Å². The molecule has 1 saturated heterocycles. The van der Waals surface area contributed by atoms with Crippen molar-refractivity contribution < 1.29 is 19.1 Å². The Morgan fingerprint density at radius 1 is 0.897 bits per heavy atom. The van der Waals surface area contributed by atoms with E-state index in [4.69, 9.17) is 14.5 Å². The Kier molecular flexibility index (Phi) is 7.88. The third kappa shape index (κ3) is 5.78. The summed E-state index contributed by atoms with van der Waals surface area (Å²) in [5.74, 6) is 1.95. The minimum atomic E-state index is -0.346. The monoisotopic (exact) mass is 542 g/mol. The number of hydrogen-bond donors (Lipinski definition) is 2. The van der Waals surface area contributed by atoms with Crippen LogP contribution in [0.3, 0.4) is 0 Å². The number of amidine groups is 1. The maximum absolute atomic E-state index is 13.7. The van der Waals surface area contributed by atoms with Crippen molar-refractivity contribution in [2.45, 2.75) is 19.4 Å². The second kappa shape index (κ2) is 11.7. The van der Waals surface area contributed by atoms with Crippen molar-refractivity contribution >= 4 is 40.1 Å². The number of benzene rings is 3. The van der Waals surface area contributed by atoms with Gasteiger partial charge < -0.3 is 25.0 Å². The van der Waals surface area contributed by atoms with E-state index >= 15 is 0 Å². The van der Waals surface area contributed by atoms with Crippen LogP contribution in [0.5, 0.6) is 11.5 Å². The Morgan fingerprint density at radius 2 is 1.56 bits per heavy atom. The number of ether oxygens (including phenoxy) is 2. The molecular weight excluding hydrogens is 512 g/mol. The van der Waals surface area contributed by atoms with Crippen molar-refractivity contribution in [1.82, 2.24) is 4.90 Å². The fraction of sp³-hybridized carbons (Fsp3) is 0.233. The summed E-state index contributed by atoms with van der Waals surface area (Å²) in [5, 5.41) is 6.94. The van der Waals surface area contributed by atoms with Crippen LogP contribution in [0.25, 0.3) is 0 Å². The van der Waals surface area contributed by atoms with Crippen molar-refractivity contribution in [3.05, 3.63) is 95.2 Å². The molecule has 8 nitrogen and oxygen atoms in total. The van der Waals surface area contributed by atoms with Crippen molar-refractivity contribution in [2.75, 3.05) is 37.2 Å². The van der Waals surface area contributed by atoms with Crippen LogP contribution in [0.1, 0.15) is 35.3 Å². The maximum Gasteiger partial charge on any atom is 0.255 e. The first-order valence-electron chi connectivity index (χ1n) is 12.7. The molecule has 2 N–H and O–H groups in total. The average molecular weight is 543 g/mol. The SMILES string of the molecule is COc1ccc(NC(=O)C2=C(C)N=C3SCCCN3C2c2cccc(NC(=O)c3ccc(OC)cc3)c2)cc1. The topological polar surface area (TPSA) is 92.3 Å². The highest BCUT2D eigenvalue weighted by molar-refractivity contribution is 8.13. The van der Waals surface area contributed by atoms with E-state index in [1.165, 1.54) is 0 Å². The number of carbonyl (C=O) groups is 2. The predicted molar refractivity (Wildman–Crippen MR) is 156 cm³/mol. The molecule has 0 bridgehead atoms. The highest BCUT2D eigenvalue weighted by atomic mass is 32.2. The lowest BCUT2D eigenvalue weighted by atomic mass is 9.93. The van der Waals surface area contributed by atoms with E-state index in [1.54, 1.807) is 50.2 Å². The molecule has 0 saturated carbocycles. The number of hydrogen-bond acceptors (Lipinski definition) is 7. The molecule has 0 aromatic heterocycles. The molecule has 200 valence electrons. The van der Waals surface area contributed by atoms with Gasteiger partial charge in [0.25, 0.3) is 11.8 Å². The summed E-state index contributed by atoms with van der Waals surface area (Å²) >= 11 is 1.70. The number of nitrogens with zero attached hydrogens (tertiary/aromatic N) is 2. The zero-order valence-corrected chi connectivity index (χ0v) is 22.9. The summed E-state index contributed by atoms with van der Waals surface area (Å²) in [6.07, 6.45) is 0.987. The van der Waals surface area contributed by atoms with E-state index in [-0.39, 0.29) is 17.9 Å². The van der Waals surface area contributed by atoms with Crippen LogP contribution in [-0.2, 0) is 4.79 Å². The molecule has 39 heavy (non-hydrogen) atoms. The molecule has 9 heteroatoms. The fourth-order valence-electron chi connectivity index (χ4n) is 4.71. The second-order valence-electron chi connectivity index (χ2n) is 9.18. The standard InChI is InChI=1S/C30H30N4O4S/c1-19-26(29(36)32-22-10-14-25(38-3)15-11-22)27(34-16-5-17-39-30(34)31-19)21-6-4-7-23(18-21)33-28(35)20-8-12-24(37-2)13-9-20/h4,6-15,18,27H,5,16-17H2,1-3H3,(H,32,36)(H,33,35). The van der Waals surface area contributed by atoms with Gasteiger partial charge in [0.05, 0.1) is 31.5 Å². The van der Waals surface area contributed by atoms with Gasteiger partial charge in [-0.15, -0.1) is 0 Å². The van der Waals surface area contributed by atoms with Gasteiger partial charge in [-0.3, -0.25) is 9.59 Å². The van der Waals surface area contributed by atoms with E-state index in [9.17, 15) is 9.59 Å². The van der Waals surface area contributed by atoms with E-state index in [0.717, 1.165) is 29.4 Å². The molecule has 3 aromatic carbocycles. The number of fused-ring (bicyclic) bond motifs is 1. The maximum atomic E-state index is 13.7. The normalized spacial score (nSPS) is 16.6. The lowest BCUT2D eigenvalue weighted by Crippen LogP contribution is -2.43. The van der Waals surface area contributed by atoms with Crippen LogP contribution in [0.4, 0.5) is 11.4 Å². The van der Waals surface area contributed by atoms with Gasteiger partial charge in [0.15, 0.2) is 5.17 Å². The largest absolute Gasteiger partial charge is 0.497 e.